The van der Waals surface area contributed by atoms with Crippen molar-refractivity contribution in [2.24, 2.45) is 0 Å². The number of nitro groups is 1. The maximum Gasteiger partial charge on any atom is 0.273 e. The van der Waals surface area contributed by atoms with Gasteiger partial charge in [0, 0.05) is 22.6 Å². The van der Waals surface area contributed by atoms with Crippen LogP contribution in [-0.2, 0) is 6.54 Å². The highest BCUT2D eigenvalue weighted by molar-refractivity contribution is 9.10. The molecule has 0 saturated heterocycles. The van der Waals surface area contributed by atoms with Crippen LogP contribution in [-0.4, -0.2) is 16.6 Å². The van der Waals surface area contributed by atoms with Crippen LogP contribution < -0.4 is 5.32 Å². The minimum absolute atomic E-state index is 0.0652. The summed E-state index contributed by atoms with van der Waals surface area (Å²) >= 11 is 3.31. The van der Waals surface area contributed by atoms with E-state index in [1.54, 1.807) is 12.1 Å². The van der Waals surface area contributed by atoms with E-state index >= 15 is 0 Å². The highest BCUT2D eigenvalue weighted by atomic mass is 79.9. The number of aliphatic hydroxyl groups excluding tert-OH is 1. The Balaban J connectivity index is 2.15. The predicted octanol–water partition coefficient (Wildman–Crippen LogP) is 3.18. The van der Waals surface area contributed by atoms with Gasteiger partial charge < -0.3 is 10.4 Å². The standard InChI is InChI=1S/C15H15BrN2O3/c16-13-6-7-15(18(20)21)12(8-13)9-17-14(10-19)11-4-2-1-3-5-11/h1-8,14,17,19H,9-10H2. The third-order valence-electron chi connectivity index (χ3n) is 3.16. The molecule has 0 aliphatic rings. The molecule has 5 nitrogen and oxygen atoms in total. The Morgan fingerprint density at radius 2 is 1.95 bits per heavy atom. The smallest absolute Gasteiger partial charge is 0.273 e. The Bertz CT molecular complexity index is 620. The molecule has 0 aliphatic carbocycles. The summed E-state index contributed by atoms with van der Waals surface area (Å²) in [5, 5.41) is 23.7. The maximum atomic E-state index is 11.0. The summed E-state index contributed by atoms with van der Waals surface area (Å²) < 4.78 is 0.783. The van der Waals surface area contributed by atoms with Crippen LogP contribution in [0.5, 0.6) is 0 Å². The third kappa shape index (κ3) is 4.10. The summed E-state index contributed by atoms with van der Waals surface area (Å²) in [6.45, 7) is 0.224. The average molecular weight is 351 g/mol. The van der Waals surface area contributed by atoms with Crippen LogP contribution in [0.1, 0.15) is 17.2 Å². The van der Waals surface area contributed by atoms with E-state index in [0.717, 1.165) is 10.0 Å². The van der Waals surface area contributed by atoms with Crippen LogP contribution in [0.4, 0.5) is 5.69 Å². The minimum Gasteiger partial charge on any atom is -0.394 e. The number of hydrogen-bond donors (Lipinski definition) is 2. The Kier molecular flexibility index (Phi) is 5.44. The number of nitro benzene ring substituents is 1. The van der Waals surface area contributed by atoms with Crippen molar-refractivity contribution < 1.29 is 10.0 Å². The first-order valence-corrected chi connectivity index (χ1v) is 7.23. The lowest BCUT2D eigenvalue weighted by molar-refractivity contribution is -0.385. The van der Waals surface area contributed by atoms with Crippen molar-refractivity contribution in [2.75, 3.05) is 6.61 Å². The van der Waals surface area contributed by atoms with Crippen molar-refractivity contribution in [3.63, 3.8) is 0 Å². The number of nitrogens with one attached hydrogen (secondary N) is 1. The van der Waals surface area contributed by atoms with Crippen LogP contribution in [0.2, 0.25) is 0 Å². The second kappa shape index (κ2) is 7.31. The van der Waals surface area contributed by atoms with Crippen molar-refractivity contribution in [1.82, 2.24) is 5.32 Å². The van der Waals surface area contributed by atoms with Crippen molar-refractivity contribution in [3.05, 3.63) is 74.2 Å². The topological polar surface area (TPSA) is 75.4 Å². The quantitative estimate of drug-likeness (QED) is 0.619. The Morgan fingerprint density at radius 1 is 1.24 bits per heavy atom. The zero-order valence-electron chi connectivity index (χ0n) is 11.2. The van der Waals surface area contributed by atoms with Gasteiger partial charge in [-0.2, -0.15) is 0 Å². The normalized spacial score (nSPS) is 12.1. The fourth-order valence-electron chi connectivity index (χ4n) is 2.08. The SMILES string of the molecule is O=[N+]([O-])c1ccc(Br)cc1CNC(CO)c1ccccc1. The first kappa shape index (κ1) is 15.6. The van der Waals surface area contributed by atoms with Gasteiger partial charge >= 0.3 is 0 Å². The van der Waals surface area contributed by atoms with E-state index < -0.39 is 4.92 Å². The second-order valence-electron chi connectivity index (χ2n) is 4.56. The molecule has 1 atom stereocenters. The first-order valence-electron chi connectivity index (χ1n) is 6.44. The number of rotatable bonds is 6. The van der Waals surface area contributed by atoms with Crippen molar-refractivity contribution in [2.45, 2.75) is 12.6 Å². The summed E-state index contributed by atoms with van der Waals surface area (Å²) in [6.07, 6.45) is 0. The lowest BCUT2D eigenvalue weighted by Gasteiger charge is -2.16. The van der Waals surface area contributed by atoms with Crippen LogP contribution in [0.3, 0.4) is 0 Å². The molecule has 0 fully saturated rings. The molecule has 0 aliphatic heterocycles. The second-order valence-corrected chi connectivity index (χ2v) is 5.47. The largest absolute Gasteiger partial charge is 0.394 e. The summed E-state index contributed by atoms with van der Waals surface area (Å²) in [5.74, 6) is 0. The van der Waals surface area contributed by atoms with Crippen LogP contribution >= 0.6 is 15.9 Å². The molecule has 0 saturated carbocycles. The molecule has 2 rings (SSSR count). The van der Waals surface area contributed by atoms with Crippen molar-refractivity contribution in [3.8, 4) is 0 Å². The molecule has 2 aromatic rings. The molecule has 0 aromatic heterocycles. The zero-order chi connectivity index (χ0) is 15.2. The Labute approximate surface area is 130 Å². The molecular weight excluding hydrogens is 336 g/mol. The van der Waals surface area contributed by atoms with Gasteiger partial charge in [-0.05, 0) is 17.7 Å². The Hall–Kier alpha value is -1.76. The zero-order valence-corrected chi connectivity index (χ0v) is 12.8. The summed E-state index contributed by atoms with van der Waals surface area (Å²) in [5.41, 5.74) is 1.58. The highest BCUT2D eigenvalue weighted by Gasteiger charge is 2.16. The molecule has 2 N–H and O–H groups in total. The minimum atomic E-state index is -0.403. The first-order chi connectivity index (χ1) is 10.1. The summed E-state index contributed by atoms with van der Waals surface area (Å²) in [4.78, 5) is 10.6. The molecule has 0 radical (unpaired) electrons. The molecule has 0 heterocycles. The monoisotopic (exact) mass is 350 g/mol. The molecule has 110 valence electrons. The van der Waals surface area contributed by atoms with Gasteiger partial charge in [0.1, 0.15) is 0 Å². The van der Waals surface area contributed by atoms with Gasteiger partial charge in [0.05, 0.1) is 17.6 Å². The van der Waals surface area contributed by atoms with Gasteiger partial charge in [-0.25, -0.2) is 0 Å². The molecule has 1 unspecified atom stereocenters. The van der Waals surface area contributed by atoms with Gasteiger partial charge in [0.15, 0.2) is 0 Å². The van der Waals surface area contributed by atoms with E-state index in [1.165, 1.54) is 6.07 Å². The number of aliphatic hydroxyl groups is 1. The molecule has 0 bridgehead atoms. The van der Waals surface area contributed by atoms with Gasteiger partial charge in [-0.15, -0.1) is 0 Å². The fraction of sp³-hybridized carbons (Fsp3) is 0.200. The average Bonchev–Trinajstić information content (AvgIpc) is 2.48. The lowest BCUT2D eigenvalue weighted by Crippen LogP contribution is -2.24. The van der Waals surface area contributed by atoms with E-state index in [0.29, 0.717) is 12.1 Å². The molecule has 0 amide bonds. The van der Waals surface area contributed by atoms with E-state index in [4.69, 9.17) is 0 Å². The maximum absolute atomic E-state index is 11.0. The van der Waals surface area contributed by atoms with Crippen LogP contribution in [0, 0.1) is 10.1 Å². The molecule has 2 aromatic carbocycles. The van der Waals surface area contributed by atoms with Gasteiger partial charge in [-0.3, -0.25) is 10.1 Å². The number of halogens is 1. The Morgan fingerprint density at radius 3 is 2.57 bits per heavy atom. The van der Waals surface area contributed by atoms with Gasteiger partial charge in [-0.1, -0.05) is 46.3 Å². The van der Waals surface area contributed by atoms with E-state index in [-0.39, 0.29) is 18.3 Å². The molecule has 0 spiro atoms. The van der Waals surface area contributed by atoms with E-state index in [2.05, 4.69) is 21.2 Å². The molecule has 6 heteroatoms. The number of nitrogens with zero attached hydrogens (tertiary/aromatic N) is 1. The van der Waals surface area contributed by atoms with Crippen molar-refractivity contribution >= 4 is 21.6 Å². The summed E-state index contributed by atoms with van der Waals surface area (Å²) in [6, 6.07) is 14.1. The van der Waals surface area contributed by atoms with E-state index in [1.807, 2.05) is 30.3 Å². The van der Waals surface area contributed by atoms with E-state index in [9.17, 15) is 15.2 Å². The van der Waals surface area contributed by atoms with Crippen LogP contribution in [0.25, 0.3) is 0 Å². The molecular formula is C15H15BrN2O3. The number of hydrogen-bond acceptors (Lipinski definition) is 4. The highest BCUT2D eigenvalue weighted by Crippen LogP contribution is 2.24. The fourth-order valence-corrected chi connectivity index (χ4v) is 2.49. The lowest BCUT2D eigenvalue weighted by atomic mass is 10.1. The predicted molar refractivity (Wildman–Crippen MR) is 83.9 cm³/mol. The summed E-state index contributed by atoms with van der Waals surface area (Å²) in [7, 11) is 0. The van der Waals surface area contributed by atoms with Gasteiger partial charge in [0.25, 0.3) is 5.69 Å². The van der Waals surface area contributed by atoms with Crippen LogP contribution in [0.15, 0.2) is 53.0 Å². The third-order valence-corrected chi connectivity index (χ3v) is 3.65. The number of benzene rings is 2. The molecule has 21 heavy (non-hydrogen) atoms. The van der Waals surface area contributed by atoms with Gasteiger partial charge in [0.2, 0.25) is 0 Å². The van der Waals surface area contributed by atoms with Crippen molar-refractivity contribution in [1.29, 1.82) is 0 Å².